The van der Waals surface area contributed by atoms with E-state index in [4.69, 9.17) is 4.42 Å². The Labute approximate surface area is 180 Å². The lowest BCUT2D eigenvalue weighted by atomic mass is 10.1. The number of aryl methyl sites for hydroxylation is 2. The largest absolute Gasteiger partial charge is 0.460 e. The van der Waals surface area contributed by atoms with Crippen LogP contribution in [0.25, 0.3) is 11.1 Å². The number of carbonyl (C=O) groups excluding carboxylic acids is 1. The molecule has 0 bridgehead atoms. The molecule has 0 unspecified atom stereocenters. The number of amides is 1. The maximum Gasteiger partial charge on any atom is 0.268 e. The van der Waals surface area contributed by atoms with Crippen LogP contribution in [0.1, 0.15) is 61.0 Å². The molecular weight excluding hydrogens is 374 g/mol. The summed E-state index contributed by atoms with van der Waals surface area (Å²) in [4.78, 5) is 15.5. The average Bonchev–Trinajstić information content (AvgIpc) is 3.22. The summed E-state index contributed by atoms with van der Waals surface area (Å²) in [6.45, 7) is 14.3. The van der Waals surface area contributed by atoms with E-state index in [1.54, 1.807) is 0 Å². The van der Waals surface area contributed by atoms with Gasteiger partial charge in [-0.15, -0.1) is 0 Å². The van der Waals surface area contributed by atoms with E-state index in [2.05, 4.69) is 66.7 Å². The highest BCUT2D eigenvalue weighted by molar-refractivity contribution is 5.97. The van der Waals surface area contributed by atoms with Crippen LogP contribution < -0.4 is 5.32 Å². The van der Waals surface area contributed by atoms with Gasteiger partial charge in [0, 0.05) is 24.7 Å². The first-order valence-electron chi connectivity index (χ1n) is 11.1. The normalized spacial score (nSPS) is 12.6. The van der Waals surface area contributed by atoms with Gasteiger partial charge in [-0.2, -0.15) is 0 Å². The number of hydrogen-bond donors (Lipinski definition) is 1. The molecule has 2 heterocycles. The zero-order valence-corrected chi connectivity index (χ0v) is 19.0. The number of hydrogen-bond acceptors (Lipinski definition) is 3. The third-order valence-electron chi connectivity index (χ3n) is 5.75. The highest BCUT2D eigenvalue weighted by Gasteiger charge is 2.20. The van der Waals surface area contributed by atoms with E-state index in [0.29, 0.717) is 12.2 Å². The maximum absolute atomic E-state index is 13.1. The van der Waals surface area contributed by atoms with Gasteiger partial charge in [-0.1, -0.05) is 43.7 Å². The summed E-state index contributed by atoms with van der Waals surface area (Å²) in [6, 6.07) is 12.4. The SMILES string of the molecule is CCN(CC)CCC[C@@H](C)NC(=O)c1cc2oc(C)cc2n1Cc1cccc(C)c1. The van der Waals surface area contributed by atoms with Crippen LogP contribution >= 0.6 is 0 Å². The average molecular weight is 410 g/mol. The highest BCUT2D eigenvalue weighted by atomic mass is 16.3. The van der Waals surface area contributed by atoms with Gasteiger partial charge in [0.2, 0.25) is 0 Å². The predicted molar refractivity (Wildman–Crippen MR) is 123 cm³/mol. The fourth-order valence-electron chi connectivity index (χ4n) is 4.05. The topological polar surface area (TPSA) is 50.4 Å². The summed E-state index contributed by atoms with van der Waals surface area (Å²) >= 11 is 0. The Morgan fingerprint density at radius 1 is 1.17 bits per heavy atom. The second kappa shape index (κ2) is 9.98. The minimum atomic E-state index is -0.0398. The number of furan rings is 1. The van der Waals surface area contributed by atoms with Gasteiger partial charge in [-0.3, -0.25) is 4.79 Å². The van der Waals surface area contributed by atoms with Crippen molar-refractivity contribution in [3.63, 3.8) is 0 Å². The number of nitrogens with one attached hydrogen (secondary N) is 1. The van der Waals surface area contributed by atoms with Crippen molar-refractivity contribution in [1.82, 2.24) is 14.8 Å². The molecule has 30 heavy (non-hydrogen) atoms. The van der Waals surface area contributed by atoms with Crippen LogP contribution in [0.4, 0.5) is 0 Å². The molecule has 0 aliphatic heterocycles. The lowest BCUT2D eigenvalue weighted by molar-refractivity contribution is 0.0928. The summed E-state index contributed by atoms with van der Waals surface area (Å²) in [7, 11) is 0. The van der Waals surface area contributed by atoms with E-state index in [-0.39, 0.29) is 11.9 Å². The Morgan fingerprint density at radius 2 is 1.93 bits per heavy atom. The molecule has 1 N–H and O–H groups in total. The van der Waals surface area contributed by atoms with Crippen LogP contribution in [0.2, 0.25) is 0 Å². The second-order valence-electron chi connectivity index (χ2n) is 8.25. The molecule has 162 valence electrons. The van der Waals surface area contributed by atoms with E-state index < -0.39 is 0 Å². The number of fused-ring (bicyclic) bond motifs is 1. The summed E-state index contributed by atoms with van der Waals surface area (Å²) in [5.74, 6) is 0.816. The molecule has 5 heteroatoms. The molecule has 1 aromatic carbocycles. The summed E-state index contributed by atoms with van der Waals surface area (Å²) in [6.07, 6.45) is 2.05. The molecular formula is C25H35N3O2. The van der Waals surface area contributed by atoms with Crippen LogP contribution in [0.5, 0.6) is 0 Å². The molecule has 0 saturated carbocycles. The van der Waals surface area contributed by atoms with Gasteiger partial charge in [0.15, 0.2) is 5.58 Å². The van der Waals surface area contributed by atoms with Gasteiger partial charge in [0.25, 0.3) is 5.91 Å². The monoisotopic (exact) mass is 409 g/mol. The van der Waals surface area contributed by atoms with Gasteiger partial charge in [0.05, 0.1) is 5.52 Å². The van der Waals surface area contributed by atoms with Crippen molar-refractivity contribution in [2.75, 3.05) is 19.6 Å². The van der Waals surface area contributed by atoms with Crippen LogP contribution in [0.15, 0.2) is 40.8 Å². The Hall–Kier alpha value is -2.53. The maximum atomic E-state index is 13.1. The lowest BCUT2D eigenvalue weighted by Gasteiger charge is -2.20. The van der Waals surface area contributed by atoms with Gasteiger partial charge in [0.1, 0.15) is 11.5 Å². The first kappa shape index (κ1) is 22.2. The number of benzene rings is 1. The molecule has 0 radical (unpaired) electrons. The quantitative estimate of drug-likeness (QED) is 0.504. The first-order valence-corrected chi connectivity index (χ1v) is 11.1. The van der Waals surface area contributed by atoms with Crippen LogP contribution in [-0.4, -0.2) is 41.1 Å². The van der Waals surface area contributed by atoms with Gasteiger partial charge in [-0.05, 0) is 58.8 Å². The number of nitrogens with zero attached hydrogens (tertiary/aromatic N) is 2. The van der Waals surface area contributed by atoms with Crippen LogP contribution in [0.3, 0.4) is 0 Å². The molecule has 3 aromatic rings. The Bertz CT molecular complexity index is 982. The van der Waals surface area contributed by atoms with E-state index in [1.165, 1.54) is 11.1 Å². The first-order chi connectivity index (χ1) is 14.4. The summed E-state index contributed by atoms with van der Waals surface area (Å²) < 4.78 is 7.88. The number of rotatable bonds is 10. The summed E-state index contributed by atoms with van der Waals surface area (Å²) in [5, 5.41) is 3.19. The van der Waals surface area contributed by atoms with E-state index >= 15 is 0 Å². The molecule has 0 saturated heterocycles. The number of carbonyl (C=O) groups is 1. The van der Waals surface area contributed by atoms with E-state index in [0.717, 1.165) is 49.3 Å². The van der Waals surface area contributed by atoms with Crippen LogP contribution in [0, 0.1) is 13.8 Å². The molecule has 0 aliphatic carbocycles. The van der Waals surface area contributed by atoms with Crippen molar-refractivity contribution in [3.05, 3.63) is 59.0 Å². The van der Waals surface area contributed by atoms with E-state index in [9.17, 15) is 4.79 Å². The third kappa shape index (κ3) is 5.33. The molecule has 5 nitrogen and oxygen atoms in total. The standard InChI is InChI=1S/C25H35N3O2/c1-6-27(7-2)13-9-11-19(4)26-25(29)23-16-24-22(15-20(5)30-24)28(23)17-21-12-8-10-18(3)14-21/h8,10,12,14-16,19H,6-7,9,11,13,17H2,1-5H3,(H,26,29)/t19-/m1/s1. The fraction of sp³-hybridized carbons (Fsp3) is 0.480. The van der Waals surface area contributed by atoms with Crippen molar-refractivity contribution >= 4 is 17.0 Å². The summed E-state index contributed by atoms with van der Waals surface area (Å²) in [5.41, 5.74) is 4.77. The third-order valence-corrected chi connectivity index (χ3v) is 5.75. The van der Waals surface area contributed by atoms with E-state index in [1.807, 2.05) is 19.1 Å². The zero-order chi connectivity index (χ0) is 21.7. The Kier molecular flexibility index (Phi) is 7.38. The van der Waals surface area contributed by atoms with Crippen molar-refractivity contribution in [2.24, 2.45) is 0 Å². The van der Waals surface area contributed by atoms with Gasteiger partial charge < -0.3 is 19.2 Å². The van der Waals surface area contributed by atoms with Crippen LogP contribution in [-0.2, 0) is 6.54 Å². The molecule has 1 amide bonds. The smallest absolute Gasteiger partial charge is 0.268 e. The number of aromatic nitrogens is 1. The predicted octanol–water partition coefficient (Wildman–Crippen LogP) is 5.14. The molecule has 2 aromatic heterocycles. The molecule has 0 spiro atoms. The zero-order valence-electron chi connectivity index (χ0n) is 19.0. The molecule has 3 rings (SSSR count). The molecule has 0 aliphatic rings. The van der Waals surface area contributed by atoms with Crippen molar-refractivity contribution in [2.45, 2.75) is 60.0 Å². The molecule has 0 fully saturated rings. The lowest BCUT2D eigenvalue weighted by Crippen LogP contribution is -2.35. The van der Waals surface area contributed by atoms with Crippen molar-refractivity contribution < 1.29 is 9.21 Å². The minimum Gasteiger partial charge on any atom is -0.460 e. The fourth-order valence-corrected chi connectivity index (χ4v) is 4.05. The Morgan fingerprint density at radius 3 is 2.63 bits per heavy atom. The van der Waals surface area contributed by atoms with Crippen molar-refractivity contribution in [1.29, 1.82) is 0 Å². The molecule has 1 atom stereocenters. The Balaban J connectivity index is 1.74. The second-order valence-corrected chi connectivity index (χ2v) is 8.25. The van der Waals surface area contributed by atoms with Gasteiger partial charge in [-0.25, -0.2) is 0 Å². The van der Waals surface area contributed by atoms with Crippen molar-refractivity contribution in [3.8, 4) is 0 Å². The minimum absolute atomic E-state index is 0.0398. The highest BCUT2D eigenvalue weighted by Crippen LogP contribution is 2.25. The van der Waals surface area contributed by atoms with Gasteiger partial charge >= 0.3 is 0 Å².